The predicted molar refractivity (Wildman–Crippen MR) is 70.3 cm³/mol. The SMILES string of the molecule is CC(NC(=O)c1ccc(N)c(Cl)c1)c1ncc[nH]1. The number of aromatic amines is 1. The maximum Gasteiger partial charge on any atom is 0.251 e. The van der Waals surface area contributed by atoms with Gasteiger partial charge in [-0.1, -0.05) is 11.6 Å². The number of nitrogens with one attached hydrogen (secondary N) is 2. The van der Waals surface area contributed by atoms with Gasteiger partial charge in [-0.05, 0) is 25.1 Å². The van der Waals surface area contributed by atoms with Crippen LogP contribution in [-0.2, 0) is 0 Å². The number of amides is 1. The summed E-state index contributed by atoms with van der Waals surface area (Å²) in [7, 11) is 0. The minimum Gasteiger partial charge on any atom is -0.398 e. The summed E-state index contributed by atoms with van der Waals surface area (Å²) < 4.78 is 0. The second-order valence-electron chi connectivity index (χ2n) is 3.91. The van der Waals surface area contributed by atoms with Crippen molar-refractivity contribution in [2.45, 2.75) is 13.0 Å². The van der Waals surface area contributed by atoms with E-state index in [-0.39, 0.29) is 11.9 Å². The maximum atomic E-state index is 12.0. The van der Waals surface area contributed by atoms with Crippen LogP contribution in [-0.4, -0.2) is 15.9 Å². The normalized spacial score (nSPS) is 12.1. The fraction of sp³-hybridized carbons (Fsp3) is 0.167. The molecule has 0 aliphatic heterocycles. The van der Waals surface area contributed by atoms with E-state index in [1.165, 1.54) is 0 Å². The zero-order valence-electron chi connectivity index (χ0n) is 9.77. The summed E-state index contributed by atoms with van der Waals surface area (Å²) in [5.74, 6) is 0.477. The zero-order chi connectivity index (χ0) is 13.1. The van der Waals surface area contributed by atoms with E-state index in [2.05, 4.69) is 15.3 Å². The summed E-state index contributed by atoms with van der Waals surface area (Å²) >= 11 is 5.87. The standard InChI is InChI=1S/C12H13ClN4O/c1-7(11-15-4-5-16-11)17-12(18)8-2-3-10(14)9(13)6-8/h2-7H,14H2,1H3,(H,15,16)(H,17,18). The van der Waals surface area contributed by atoms with Crippen LogP contribution in [0.1, 0.15) is 29.1 Å². The number of nitrogen functional groups attached to an aromatic ring is 1. The van der Waals surface area contributed by atoms with Gasteiger partial charge in [-0.25, -0.2) is 4.98 Å². The summed E-state index contributed by atoms with van der Waals surface area (Å²) in [4.78, 5) is 19.0. The van der Waals surface area contributed by atoms with Crippen LogP contribution in [0, 0.1) is 0 Å². The van der Waals surface area contributed by atoms with Crippen molar-refractivity contribution in [3.63, 3.8) is 0 Å². The topological polar surface area (TPSA) is 83.8 Å². The van der Waals surface area contributed by atoms with Crippen molar-refractivity contribution in [2.24, 2.45) is 0 Å². The first-order valence-corrected chi connectivity index (χ1v) is 5.81. The van der Waals surface area contributed by atoms with Gasteiger partial charge < -0.3 is 16.0 Å². The number of H-pyrrole nitrogens is 1. The number of rotatable bonds is 3. The number of carbonyl (C=O) groups is 1. The smallest absolute Gasteiger partial charge is 0.251 e. The molecule has 2 aromatic rings. The van der Waals surface area contributed by atoms with E-state index >= 15 is 0 Å². The van der Waals surface area contributed by atoms with Gasteiger partial charge >= 0.3 is 0 Å². The number of nitrogens with two attached hydrogens (primary N) is 1. The highest BCUT2D eigenvalue weighted by molar-refractivity contribution is 6.33. The average molecular weight is 265 g/mol. The van der Waals surface area contributed by atoms with Crippen molar-refractivity contribution >= 4 is 23.2 Å². The minimum absolute atomic E-state index is 0.205. The first kappa shape index (κ1) is 12.4. The third-order valence-electron chi connectivity index (χ3n) is 2.54. The van der Waals surface area contributed by atoms with E-state index in [9.17, 15) is 4.79 Å². The summed E-state index contributed by atoms with van der Waals surface area (Å²) in [5, 5.41) is 3.18. The van der Waals surface area contributed by atoms with Crippen LogP contribution in [0.25, 0.3) is 0 Å². The van der Waals surface area contributed by atoms with Crippen LogP contribution in [0.2, 0.25) is 5.02 Å². The highest BCUT2D eigenvalue weighted by atomic mass is 35.5. The number of halogens is 1. The molecule has 0 saturated carbocycles. The Kier molecular flexibility index (Phi) is 3.53. The maximum absolute atomic E-state index is 12.0. The molecule has 5 nitrogen and oxygen atoms in total. The number of benzene rings is 1. The Morgan fingerprint density at radius 3 is 2.94 bits per heavy atom. The molecule has 1 aromatic carbocycles. The van der Waals surface area contributed by atoms with Crippen molar-refractivity contribution < 1.29 is 4.79 Å². The Morgan fingerprint density at radius 1 is 1.56 bits per heavy atom. The number of anilines is 1. The Labute approximate surface area is 109 Å². The number of nitrogens with zero attached hydrogens (tertiary/aromatic N) is 1. The number of hydrogen-bond acceptors (Lipinski definition) is 3. The van der Waals surface area contributed by atoms with Gasteiger partial charge in [-0.2, -0.15) is 0 Å². The number of hydrogen-bond donors (Lipinski definition) is 3. The van der Waals surface area contributed by atoms with Gasteiger partial charge in [0.2, 0.25) is 0 Å². The third-order valence-corrected chi connectivity index (χ3v) is 2.87. The molecule has 6 heteroatoms. The van der Waals surface area contributed by atoms with E-state index in [0.29, 0.717) is 22.1 Å². The monoisotopic (exact) mass is 264 g/mol. The van der Waals surface area contributed by atoms with Crippen molar-refractivity contribution in [3.05, 3.63) is 47.0 Å². The van der Waals surface area contributed by atoms with Crippen molar-refractivity contribution in [2.75, 3.05) is 5.73 Å². The Morgan fingerprint density at radius 2 is 2.33 bits per heavy atom. The molecular formula is C12H13ClN4O. The summed E-state index contributed by atoms with van der Waals surface area (Å²) in [6, 6.07) is 4.57. The van der Waals surface area contributed by atoms with Crippen LogP contribution in [0.5, 0.6) is 0 Å². The molecule has 94 valence electrons. The third kappa shape index (κ3) is 2.62. The molecule has 0 bridgehead atoms. The van der Waals surface area contributed by atoms with Gasteiger partial charge in [0.25, 0.3) is 5.91 Å². The highest BCUT2D eigenvalue weighted by Gasteiger charge is 2.13. The van der Waals surface area contributed by atoms with Crippen LogP contribution in [0.3, 0.4) is 0 Å². The van der Waals surface area contributed by atoms with Crippen LogP contribution in [0.15, 0.2) is 30.6 Å². The highest BCUT2D eigenvalue weighted by Crippen LogP contribution is 2.20. The number of aromatic nitrogens is 2. The van der Waals surface area contributed by atoms with Gasteiger partial charge in [0.05, 0.1) is 16.8 Å². The lowest BCUT2D eigenvalue weighted by molar-refractivity contribution is 0.0938. The van der Waals surface area contributed by atoms with Gasteiger partial charge in [-0.3, -0.25) is 4.79 Å². The molecule has 0 aliphatic rings. The Balaban J connectivity index is 2.10. The minimum atomic E-state index is -0.221. The Bertz CT molecular complexity index is 553. The summed E-state index contributed by atoms with van der Waals surface area (Å²) in [6.07, 6.45) is 3.34. The lowest BCUT2D eigenvalue weighted by atomic mass is 10.2. The van der Waals surface area contributed by atoms with E-state index in [1.807, 2.05) is 6.92 Å². The molecule has 1 amide bonds. The second-order valence-corrected chi connectivity index (χ2v) is 4.31. The van der Waals surface area contributed by atoms with Crippen LogP contribution in [0.4, 0.5) is 5.69 Å². The van der Waals surface area contributed by atoms with Crippen molar-refractivity contribution in [3.8, 4) is 0 Å². The number of imidazole rings is 1. The summed E-state index contributed by atoms with van der Waals surface area (Å²) in [6.45, 7) is 1.84. The first-order chi connectivity index (χ1) is 8.58. The second kappa shape index (κ2) is 5.10. The molecule has 1 aromatic heterocycles. The lowest BCUT2D eigenvalue weighted by Gasteiger charge is -2.11. The van der Waals surface area contributed by atoms with E-state index in [4.69, 9.17) is 17.3 Å². The molecule has 1 heterocycles. The molecule has 0 fully saturated rings. The molecule has 0 aliphatic carbocycles. The average Bonchev–Trinajstić information content (AvgIpc) is 2.86. The summed E-state index contributed by atoms with van der Waals surface area (Å²) in [5.41, 5.74) is 6.51. The van der Waals surface area contributed by atoms with E-state index < -0.39 is 0 Å². The molecule has 1 unspecified atom stereocenters. The lowest BCUT2D eigenvalue weighted by Crippen LogP contribution is -2.27. The fourth-order valence-corrected chi connectivity index (χ4v) is 1.71. The molecule has 2 rings (SSSR count). The van der Waals surface area contributed by atoms with E-state index in [1.54, 1.807) is 30.6 Å². The molecule has 0 radical (unpaired) electrons. The first-order valence-electron chi connectivity index (χ1n) is 5.43. The quantitative estimate of drug-likeness (QED) is 0.743. The molecule has 0 saturated heterocycles. The molecule has 18 heavy (non-hydrogen) atoms. The fourth-order valence-electron chi connectivity index (χ4n) is 1.53. The molecular weight excluding hydrogens is 252 g/mol. The largest absolute Gasteiger partial charge is 0.398 e. The molecule has 1 atom stereocenters. The molecule has 4 N–H and O–H groups in total. The predicted octanol–water partition coefficient (Wildman–Crippen LogP) is 2.14. The van der Waals surface area contributed by atoms with E-state index in [0.717, 1.165) is 0 Å². The van der Waals surface area contributed by atoms with Crippen molar-refractivity contribution in [1.82, 2.24) is 15.3 Å². The van der Waals surface area contributed by atoms with Gasteiger partial charge in [0, 0.05) is 18.0 Å². The Hall–Kier alpha value is -2.01. The van der Waals surface area contributed by atoms with Gasteiger partial charge in [0.1, 0.15) is 5.82 Å². The number of carbonyl (C=O) groups excluding carboxylic acids is 1. The van der Waals surface area contributed by atoms with Crippen molar-refractivity contribution in [1.29, 1.82) is 0 Å². The van der Waals surface area contributed by atoms with Gasteiger partial charge in [-0.15, -0.1) is 0 Å². The van der Waals surface area contributed by atoms with Crippen LogP contribution < -0.4 is 11.1 Å². The van der Waals surface area contributed by atoms with Gasteiger partial charge in [0.15, 0.2) is 0 Å². The van der Waals surface area contributed by atoms with Crippen LogP contribution >= 0.6 is 11.6 Å². The zero-order valence-corrected chi connectivity index (χ0v) is 10.5. The molecule has 0 spiro atoms.